The predicted octanol–water partition coefficient (Wildman–Crippen LogP) is 2.60. The number of ketones is 1. The van der Waals surface area contributed by atoms with Gasteiger partial charge in [-0.25, -0.2) is 8.78 Å². The van der Waals surface area contributed by atoms with Crippen LogP contribution in [0.4, 0.5) is 8.78 Å². The molecule has 0 radical (unpaired) electrons. The number of rotatable bonds is 4. The number of hydrogen-bond acceptors (Lipinski definition) is 2. The van der Waals surface area contributed by atoms with Crippen molar-refractivity contribution in [2.24, 2.45) is 0 Å². The number of Topliss-reactive ketones (excluding diaryl/α,β-unsaturated/α-hetero) is 1. The van der Waals surface area contributed by atoms with E-state index in [1.165, 1.54) is 12.1 Å². The van der Waals surface area contributed by atoms with Crippen molar-refractivity contribution < 1.29 is 13.6 Å². The summed E-state index contributed by atoms with van der Waals surface area (Å²) in [7, 11) is 3.60. The van der Waals surface area contributed by atoms with E-state index in [9.17, 15) is 13.6 Å². The van der Waals surface area contributed by atoms with E-state index >= 15 is 0 Å². The smallest absolute Gasteiger partial charge is 0.179 e. The van der Waals surface area contributed by atoms with Gasteiger partial charge in [-0.2, -0.15) is 0 Å². The zero-order valence-electron chi connectivity index (χ0n) is 9.06. The predicted molar refractivity (Wildman–Crippen MR) is 61.9 cm³/mol. The van der Waals surface area contributed by atoms with Gasteiger partial charge in [0.15, 0.2) is 5.78 Å². The monoisotopic (exact) mass is 291 g/mol. The highest BCUT2D eigenvalue weighted by Crippen LogP contribution is 2.17. The molecule has 0 aliphatic rings. The zero-order valence-corrected chi connectivity index (χ0v) is 10.6. The Hall–Kier alpha value is -0.810. The summed E-state index contributed by atoms with van der Waals surface area (Å²) < 4.78 is 27.0. The van der Waals surface area contributed by atoms with Gasteiger partial charge in [0.1, 0.15) is 11.6 Å². The molecule has 1 rings (SSSR count). The highest BCUT2D eigenvalue weighted by Gasteiger charge is 2.17. The van der Waals surface area contributed by atoms with Crippen LogP contribution < -0.4 is 0 Å². The van der Waals surface area contributed by atoms with Crippen molar-refractivity contribution in [3.05, 3.63) is 34.9 Å². The third-order valence-corrected chi connectivity index (χ3v) is 2.51. The minimum Gasteiger partial charge on any atom is -0.305 e. The Morgan fingerprint density at radius 2 is 1.81 bits per heavy atom. The summed E-state index contributed by atoms with van der Waals surface area (Å²) in [5, 5.41) is -0.0894. The summed E-state index contributed by atoms with van der Waals surface area (Å²) in [5.74, 6) is -2.20. The van der Waals surface area contributed by atoms with E-state index in [2.05, 4.69) is 15.9 Å². The van der Waals surface area contributed by atoms with Crippen molar-refractivity contribution in [3.8, 4) is 0 Å². The van der Waals surface area contributed by atoms with E-state index in [1.807, 2.05) is 0 Å². The second-order valence-corrected chi connectivity index (χ2v) is 4.29. The normalized spacial score (nSPS) is 10.9. The molecule has 0 saturated carbocycles. The fourth-order valence-corrected chi connectivity index (χ4v) is 1.70. The van der Waals surface area contributed by atoms with Gasteiger partial charge < -0.3 is 4.90 Å². The van der Waals surface area contributed by atoms with Crippen molar-refractivity contribution in [2.75, 3.05) is 19.4 Å². The van der Waals surface area contributed by atoms with Gasteiger partial charge in [0.05, 0.1) is 10.9 Å². The minimum atomic E-state index is -0.804. The Morgan fingerprint density at radius 1 is 1.31 bits per heavy atom. The number of alkyl halides is 1. The fraction of sp³-hybridized carbons (Fsp3) is 0.364. The SMILES string of the molecule is CN(C)Cc1cc(F)c(C(=O)CBr)c(F)c1. The number of carbonyl (C=O) groups excluding carboxylic acids is 1. The number of hydrogen-bond donors (Lipinski definition) is 0. The van der Waals surface area contributed by atoms with Crippen LogP contribution in [0.15, 0.2) is 12.1 Å². The molecule has 0 unspecified atom stereocenters. The topological polar surface area (TPSA) is 20.3 Å². The molecule has 0 atom stereocenters. The Bertz CT molecular complexity index is 384. The quantitative estimate of drug-likeness (QED) is 0.628. The molecule has 0 spiro atoms. The molecule has 0 fully saturated rings. The molecule has 0 aliphatic carbocycles. The van der Waals surface area contributed by atoms with E-state index in [4.69, 9.17) is 0 Å². The first kappa shape index (κ1) is 13.3. The third-order valence-electron chi connectivity index (χ3n) is 2.00. The summed E-state index contributed by atoms with van der Waals surface area (Å²) in [4.78, 5) is 13.0. The van der Waals surface area contributed by atoms with E-state index < -0.39 is 23.0 Å². The van der Waals surface area contributed by atoms with Gasteiger partial charge in [-0.15, -0.1) is 0 Å². The van der Waals surface area contributed by atoms with Crippen LogP contribution in [0.2, 0.25) is 0 Å². The summed E-state index contributed by atoms with van der Waals surface area (Å²) in [6, 6.07) is 2.39. The molecule has 0 bridgehead atoms. The number of nitrogens with zero attached hydrogens (tertiary/aromatic N) is 1. The lowest BCUT2D eigenvalue weighted by Crippen LogP contribution is -2.13. The molecule has 5 heteroatoms. The van der Waals surface area contributed by atoms with Gasteiger partial charge >= 0.3 is 0 Å². The van der Waals surface area contributed by atoms with Crippen molar-refractivity contribution >= 4 is 21.7 Å². The van der Waals surface area contributed by atoms with E-state index in [0.717, 1.165) is 0 Å². The molecule has 0 aliphatic heterocycles. The maximum atomic E-state index is 13.5. The summed E-state index contributed by atoms with van der Waals surface area (Å²) >= 11 is 2.89. The second kappa shape index (κ2) is 5.50. The van der Waals surface area contributed by atoms with Crippen LogP contribution in [0.1, 0.15) is 15.9 Å². The van der Waals surface area contributed by atoms with Crippen molar-refractivity contribution in [3.63, 3.8) is 0 Å². The molecule has 2 nitrogen and oxygen atoms in total. The van der Waals surface area contributed by atoms with Crippen LogP contribution in [-0.2, 0) is 6.54 Å². The fourth-order valence-electron chi connectivity index (χ4n) is 1.42. The van der Waals surface area contributed by atoms with Crippen molar-refractivity contribution in [2.45, 2.75) is 6.54 Å². The summed E-state index contributed by atoms with van der Waals surface area (Å²) in [6.45, 7) is 0.427. The summed E-state index contributed by atoms with van der Waals surface area (Å²) in [5.41, 5.74) is 0.0329. The van der Waals surface area contributed by atoms with Gasteiger partial charge in [0, 0.05) is 6.54 Å². The highest BCUT2D eigenvalue weighted by molar-refractivity contribution is 9.09. The second-order valence-electron chi connectivity index (χ2n) is 3.73. The van der Waals surface area contributed by atoms with Gasteiger partial charge in [0.2, 0.25) is 0 Å². The molecule has 0 aromatic heterocycles. The highest BCUT2D eigenvalue weighted by atomic mass is 79.9. The molecule has 1 aromatic rings. The lowest BCUT2D eigenvalue weighted by molar-refractivity contribution is 0.101. The van der Waals surface area contributed by atoms with Crippen LogP contribution in [0.5, 0.6) is 0 Å². The lowest BCUT2D eigenvalue weighted by Gasteiger charge is -2.11. The molecular weight excluding hydrogens is 280 g/mol. The van der Waals surface area contributed by atoms with E-state index in [-0.39, 0.29) is 5.33 Å². The first-order chi connectivity index (χ1) is 7.45. The molecule has 0 heterocycles. The number of halogens is 3. The Balaban J connectivity index is 3.12. The van der Waals surface area contributed by atoms with Crippen LogP contribution in [-0.4, -0.2) is 30.1 Å². The molecule has 0 N–H and O–H groups in total. The molecule has 0 saturated heterocycles. The molecular formula is C11H12BrF2NO. The van der Waals surface area contributed by atoms with Gasteiger partial charge in [-0.05, 0) is 31.8 Å². The maximum Gasteiger partial charge on any atom is 0.179 e. The molecule has 16 heavy (non-hydrogen) atoms. The summed E-state index contributed by atoms with van der Waals surface area (Å²) in [6.07, 6.45) is 0. The average Bonchev–Trinajstić information content (AvgIpc) is 2.15. The van der Waals surface area contributed by atoms with E-state index in [1.54, 1.807) is 19.0 Å². The standard InChI is InChI=1S/C11H12BrF2NO/c1-15(2)6-7-3-8(13)11(9(14)4-7)10(16)5-12/h3-4H,5-6H2,1-2H3. The lowest BCUT2D eigenvalue weighted by atomic mass is 10.1. The molecule has 88 valence electrons. The largest absolute Gasteiger partial charge is 0.305 e. The van der Waals surface area contributed by atoms with Crippen LogP contribution in [0.3, 0.4) is 0 Å². The third kappa shape index (κ3) is 3.09. The number of carbonyl (C=O) groups is 1. The number of benzene rings is 1. The van der Waals surface area contributed by atoms with Crippen LogP contribution in [0, 0.1) is 11.6 Å². The zero-order chi connectivity index (χ0) is 12.3. The minimum absolute atomic E-state index is 0.0894. The maximum absolute atomic E-state index is 13.5. The van der Waals surface area contributed by atoms with Gasteiger partial charge in [0.25, 0.3) is 0 Å². The Kier molecular flexibility index (Phi) is 4.56. The van der Waals surface area contributed by atoms with Crippen molar-refractivity contribution in [1.82, 2.24) is 4.90 Å². The van der Waals surface area contributed by atoms with Crippen molar-refractivity contribution in [1.29, 1.82) is 0 Å². The van der Waals surface area contributed by atoms with E-state index in [0.29, 0.717) is 12.1 Å². The van der Waals surface area contributed by atoms with Crippen LogP contribution >= 0.6 is 15.9 Å². The molecule has 1 aromatic carbocycles. The van der Waals surface area contributed by atoms with Gasteiger partial charge in [-0.3, -0.25) is 4.79 Å². The Morgan fingerprint density at radius 3 is 2.19 bits per heavy atom. The van der Waals surface area contributed by atoms with Gasteiger partial charge in [-0.1, -0.05) is 15.9 Å². The first-order valence-electron chi connectivity index (χ1n) is 4.67. The average molecular weight is 292 g/mol. The first-order valence-corrected chi connectivity index (χ1v) is 5.79. The van der Waals surface area contributed by atoms with Crippen LogP contribution in [0.25, 0.3) is 0 Å². The molecule has 0 amide bonds. The Labute approximate surface area is 101 Å².